The summed E-state index contributed by atoms with van der Waals surface area (Å²) in [5, 5.41) is 3.15. The maximum Gasteiger partial charge on any atom is 0.118 e. The van der Waals surface area contributed by atoms with E-state index in [0.29, 0.717) is 13.2 Å². The first kappa shape index (κ1) is 16.2. The molecule has 0 aliphatic heterocycles. The Morgan fingerprint density at radius 3 is 2.37 bits per heavy atom. The maximum absolute atomic E-state index is 5.79. The lowest BCUT2D eigenvalue weighted by molar-refractivity contribution is 0.106. The molecule has 0 radical (unpaired) electrons. The molecule has 0 saturated heterocycles. The highest BCUT2D eigenvalue weighted by Crippen LogP contribution is 2.16. The summed E-state index contributed by atoms with van der Waals surface area (Å²) in [5.41, 5.74) is 1.22. The van der Waals surface area contributed by atoms with Gasteiger partial charge in [0.25, 0.3) is 0 Å². The molecule has 0 aromatic carbocycles. The lowest BCUT2D eigenvalue weighted by Gasteiger charge is -2.20. The smallest absolute Gasteiger partial charge is 0.118 e. The summed E-state index contributed by atoms with van der Waals surface area (Å²) in [7, 11) is 5.38. The number of methoxy groups -OCH3 is 2. The number of rotatable bonds is 10. The Morgan fingerprint density at radius 2 is 1.84 bits per heavy atom. The average Bonchev–Trinajstić information content (AvgIpc) is 2.73. The zero-order chi connectivity index (χ0) is 14.1. The monoisotopic (exact) mass is 270 g/mol. The van der Waals surface area contributed by atoms with E-state index in [1.54, 1.807) is 14.2 Å². The first-order valence-corrected chi connectivity index (χ1v) is 6.64. The van der Waals surface area contributed by atoms with Crippen molar-refractivity contribution in [2.75, 3.05) is 47.6 Å². The van der Waals surface area contributed by atoms with Gasteiger partial charge in [0.15, 0.2) is 0 Å². The van der Waals surface area contributed by atoms with Gasteiger partial charge in [-0.2, -0.15) is 0 Å². The topological polar surface area (TPSA) is 46.9 Å². The van der Waals surface area contributed by atoms with E-state index in [9.17, 15) is 0 Å². The van der Waals surface area contributed by atoms with Gasteiger partial charge < -0.3 is 19.2 Å². The minimum Gasteiger partial charge on any atom is -0.465 e. The maximum atomic E-state index is 5.79. The molecule has 0 spiro atoms. The van der Waals surface area contributed by atoms with Crippen LogP contribution < -0.4 is 5.32 Å². The first-order valence-electron chi connectivity index (χ1n) is 6.64. The number of hydrogen-bond acceptors (Lipinski definition) is 5. The summed E-state index contributed by atoms with van der Waals surface area (Å²) in [6, 6.07) is 2.12. The molecule has 1 heterocycles. The molecule has 5 heteroatoms. The van der Waals surface area contributed by atoms with Crippen molar-refractivity contribution in [3.05, 3.63) is 23.2 Å². The minimum absolute atomic E-state index is 0.715. The average molecular weight is 270 g/mol. The predicted molar refractivity (Wildman–Crippen MR) is 75.2 cm³/mol. The molecule has 0 amide bonds. The Bertz CT molecular complexity index is 344. The van der Waals surface area contributed by atoms with Crippen molar-refractivity contribution in [2.24, 2.45) is 0 Å². The fourth-order valence-electron chi connectivity index (χ4n) is 1.96. The highest BCUT2D eigenvalue weighted by Gasteiger charge is 2.11. The van der Waals surface area contributed by atoms with Gasteiger partial charge in [-0.25, -0.2) is 0 Å². The van der Waals surface area contributed by atoms with Gasteiger partial charge in [-0.1, -0.05) is 0 Å². The number of nitrogens with zero attached hydrogens (tertiary/aromatic N) is 1. The summed E-state index contributed by atoms with van der Waals surface area (Å²) >= 11 is 0. The van der Waals surface area contributed by atoms with Crippen LogP contribution in [0.15, 0.2) is 10.5 Å². The summed E-state index contributed by atoms with van der Waals surface area (Å²) in [6.07, 6.45) is 0. The normalized spacial score (nSPS) is 11.4. The molecular formula is C14H26N2O3. The number of furan rings is 1. The van der Waals surface area contributed by atoms with Crippen LogP contribution in [0, 0.1) is 6.92 Å². The highest BCUT2D eigenvalue weighted by molar-refractivity contribution is 5.20. The molecule has 5 nitrogen and oxygen atoms in total. The van der Waals surface area contributed by atoms with Crippen molar-refractivity contribution < 1.29 is 13.9 Å². The number of aryl methyl sites for hydroxylation is 1. The van der Waals surface area contributed by atoms with Gasteiger partial charge >= 0.3 is 0 Å². The molecule has 0 fully saturated rings. The van der Waals surface area contributed by atoms with Crippen LogP contribution in [0.3, 0.4) is 0 Å². The molecule has 110 valence electrons. The summed E-state index contributed by atoms with van der Waals surface area (Å²) in [6.45, 7) is 6.81. The minimum atomic E-state index is 0.715. The SMILES string of the molecule is CNCc1cc(CN(CCOC)CCOC)oc1C. The Morgan fingerprint density at radius 1 is 1.21 bits per heavy atom. The second kappa shape index (κ2) is 9.09. The van der Waals surface area contributed by atoms with Crippen LogP contribution in [0.2, 0.25) is 0 Å². The highest BCUT2D eigenvalue weighted by atomic mass is 16.5. The molecular weight excluding hydrogens is 244 g/mol. The second-order valence-electron chi connectivity index (χ2n) is 4.59. The number of nitrogens with one attached hydrogen (secondary N) is 1. The van der Waals surface area contributed by atoms with Gasteiger partial charge in [0.1, 0.15) is 11.5 Å². The quantitative estimate of drug-likeness (QED) is 0.696. The first-order chi connectivity index (χ1) is 9.21. The zero-order valence-corrected chi connectivity index (χ0v) is 12.5. The Labute approximate surface area is 115 Å². The molecule has 0 saturated carbocycles. The van der Waals surface area contributed by atoms with Crippen molar-refractivity contribution >= 4 is 0 Å². The van der Waals surface area contributed by atoms with Gasteiger partial charge in [0.05, 0.1) is 19.8 Å². The summed E-state index contributed by atoms with van der Waals surface area (Å²) < 4.78 is 16.1. The van der Waals surface area contributed by atoms with E-state index < -0.39 is 0 Å². The van der Waals surface area contributed by atoms with Gasteiger partial charge in [-0.05, 0) is 20.0 Å². The zero-order valence-electron chi connectivity index (χ0n) is 12.5. The molecule has 1 rings (SSSR count). The molecule has 0 aliphatic rings. The van der Waals surface area contributed by atoms with Crippen LogP contribution in [0.1, 0.15) is 17.1 Å². The molecule has 1 aromatic rings. The van der Waals surface area contributed by atoms with Crippen molar-refractivity contribution in [1.82, 2.24) is 10.2 Å². The molecule has 0 unspecified atom stereocenters. The standard InChI is InChI=1S/C14H26N2O3/c1-12-13(10-15-2)9-14(19-12)11-16(5-7-17-3)6-8-18-4/h9,15H,5-8,10-11H2,1-4H3. The Balaban J connectivity index is 2.58. The predicted octanol–water partition coefficient (Wildman–Crippen LogP) is 1.40. The van der Waals surface area contributed by atoms with E-state index in [1.807, 2.05) is 14.0 Å². The van der Waals surface area contributed by atoms with Crippen LogP contribution in [0.4, 0.5) is 0 Å². The van der Waals surface area contributed by atoms with Gasteiger partial charge in [0.2, 0.25) is 0 Å². The lowest BCUT2D eigenvalue weighted by Crippen LogP contribution is -2.30. The van der Waals surface area contributed by atoms with E-state index in [2.05, 4.69) is 16.3 Å². The molecule has 1 aromatic heterocycles. The third kappa shape index (κ3) is 5.74. The van der Waals surface area contributed by atoms with E-state index in [0.717, 1.165) is 37.7 Å². The van der Waals surface area contributed by atoms with Crippen molar-refractivity contribution in [3.8, 4) is 0 Å². The van der Waals surface area contributed by atoms with Crippen molar-refractivity contribution in [1.29, 1.82) is 0 Å². The van der Waals surface area contributed by atoms with Crippen LogP contribution in [0.5, 0.6) is 0 Å². The van der Waals surface area contributed by atoms with E-state index in [4.69, 9.17) is 13.9 Å². The van der Waals surface area contributed by atoms with Crippen LogP contribution >= 0.6 is 0 Å². The van der Waals surface area contributed by atoms with Gasteiger partial charge in [-0.15, -0.1) is 0 Å². The Kier molecular flexibility index (Phi) is 7.74. The summed E-state index contributed by atoms with van der Waals surface area (Å²) in [5.74, 6) is 1.98. The third-order valence-electron chi connectivity index (χ3n) is 3.04. The molecule has 19 heavy (non-hydrogen) atoms. The molecule has 0 bridgehead atoms. The number of hydrogen-bond donors (Lipinski definition) is 1. The van der Waals surface area contributed by atoms with E-state index in [1.165, 1.54) is 5.56 Å². The lowest BCUT2D eigenvalue weighted by atomic mass is 10.2. The fourth-order valence-corrected chi connectivity index (χ4v) is 1.96. The van der Waals surface area contributed by atoms with E-state index in [-0.39, 0.29) is 0 Å². The fraction of sp³-hybridized carbons (Fsp3) is 0.714. The van der Waals surface area contributed by atoms with Gasteiger partial charge in [0, 0.05) is 39.4 Å². The molecule has 1 N–H and O–H groups in total. The van der Waals surface area contributed by atoms with Crippen molar-refractivity contribution in [2.45, 2.75) is 20.0 Å². The number of ether oxygens (including phenoxy) is 2. The van der Waals surface area contributed by atoms with Gasteiger partial charge in [-0.3, -0.25) is 4.90 Å². The van der Waals surface area contributed by atoms with Crippen molar-refractivity contribution in [3.63, 3.8) is 0 Å². The molecule has 0 aliphatic carbocycles. The molecule has 0 atom stereocenters. The van der Waals surface area contributed by atoms with Crippen LogP contribution in [0.25, 0.3) is 0 Å². The Hall–Kier alpha value is -0.880. The second-order valence-corrected chi connectivity index (χ2v) is 4.59. The van der Waals surface area contributed by atoms with Crippen LogP contribution in [-0.2, 0) is 22.6 Å². The van der Waals surface area contributed by atoms with Crippen LogP contribution in [-0.4, -0.2) is 52.5 Å². The third-order valence-corrected chi connectivity index (χ3v) is 3.04. The largest absolute Gasteiger partial charge is 0.465 e. The summed E-state index contributed by atoms with van der Waals surface area (Å²) in [4.78, 5) is 2.27. The van der Waals surface area contributed by atoms with E-state index >= 15 is 0 Å².